The first-order chi connectivity index (χ1) is 11.7. The molecule has 1 aromatic rings. The van der Waals surface area contributed by atoms with Gasteiger partial charge in [0.05, 0.1) is 18.8 Å². The lowest BCUT2D eigenvalue weighted by atomic mass is 10.3. The Morgan fingerprint density at radius 2 is 1.92 bits per heavy atom. The van der Waals surface area contributed by atoms with Gasteiger partial charge in [0.1, 0.15) is 5.75 Å². The molecule has 1 saturated heterocycles. The number of piperazine rings is 1. The highest BCUT2D eigenvalue weighted by Gasteiger charge is 2.27. The van der Waals surface area contributed by atoms with Crippen LogP contribution in [-0.2, 0) is 0 Å². The van der Waals surface area contributed by atoms with Crippen molar-refractivity contribution in [3.8, 4) is 5.75 Å². The summed E-state index contributed by atoms with van der Waals surface area (Å²) in [5.74, 6) is 0.773. The zero-order valence-corrected chi connectivity index (χ0v) is 14.6. The lowest BCUT2D eigenvalue weighted by Gasteiger charge is -2.34. The average molecular weight is 353 g/mol. The van der Waals surface area contributed by atoms with E-state index in [9.17, 15) is 8.68 Å². The average Bonchev–Trinajstić information content (AvgIpc) is 3.44. The van der Waals surface area contributed by atoms with Crippen molar-refractivity contribution in [3.05, 3.63) is 24.3 Å². The molecule has 0 spiro atoms. The van der Waals surface area contributed by atoms with Gasteiger partial charge in [0.2, 0.25) is 0 Å². The standard InChI is InChI=1S/C17H24FN3O2S/c18-24-16-6-4-15(5-7-16)23-13-1-8-20-9-11-21(12-10-20)17(22)19-14-2-3-14/h4-7,14H,1-3,8-13H2,(H,19,22). The van der Waals surface area contributed by atoms with Crippen molar-refractivity contribution in [3.63, 3.8) is 0 Å². The minimum absolute atomic E-state index is 0.0929. The summed E-state index contributed by atoms with van der Waals surface area (Å²) in [5.41, 5.74) is 0. The number of carbonyl (C=O) groups excluding carboxylic acids is 1. The van der Waals surface area contributed by atoms with E-state index >= 15 is 0 Å². The number of nitrogens with one attached hydrogen (secondary N) is 1. The van der Waals surface area contributed by atoms with Crippen molar-refractivity contribution in [2.45, 2.75) is 30.2 Å². The molecule has 1 heterocycles. The number of rotatable bonds is 7. The Labute approximate surface area is 146 Å². The molecular formula is C17H24FN3O2S. The number of benzene rings is 1. The molecule has 1 aliphatic heterocycles. The fourth-order valence-corrected chi connectivity index (χ4v) is 2.97. The van der Waals surface area contributed by atoms with Crippen molar-refractivity contribution < 1.29 is 13.4 Å². The molecule has 0 aromatic heterocycles. The normalized spacial score (nSPS) is 18.5. The quantitative estimate of drug-likeness (QED) is 0.766. The first-order valence-electron chi connectivity index (χ1n) is 8.54. The highest BCUT2D eigenvalue weighted by atomic mass is 32.2. The molecule has 3 rings (SSSR count). The van der Waals surface area contributed by atoms with E-state index < -0.39 is 0 Å². The number of hydrogen-bond acceptors (Lipinski definition) is 4. The van der Waals surface area contributed by atoms with E-state index in [0.29, 0.717) is 17.5 Å². The molecule has 1 aliphatic carbocycles. The van der Waals surface area contributed by atoms with Gasteiger partial charge in [0, 0.05) is 43.7 Å². The molecule has 132 valence electrons. The van der Waals surface area contributed by atoms with Crippen molar-refractivity contribution in [2.24, 2.45) is 0 Å². The van der Waals surface area contributed by atoms with Crippen LogP contribution < -0.4 is 10.1 Å². The van der Waals surface area contributed by atoms with Gasteiger partial charge in [-0.2, -0.15) is 3.89 Å². The molecule has 2 aliphatic rings. The lowest BCUT2D eigenvalue weighted by molar-refractivity contribution is 0.134. The van der Waals surface area contributed by atoms with E-state index in [4.69, 9.17) is 4.74 Å². The molecule has 2 fully saturated rings. The molecule has 5 nitrogen and oxygen atoms in total. The number of amides is 2. The van der Waals surface area contributed by atoms with Gasteiger partial charge in [-0.25, -0.2) is 4.79 Å². The summed E-state index contributed by atoms with van der Waals surface area (Å²) < 4.78 is 18.0. The van der Waals surface area contributed by atoms with Crippen LogP contribution in [0.1, 0.15) is 19.3 Å². The summed E-state index contributed by atoms with van der Waals surface area (Å²) in [6.07, 6.45) is 3.19. The molecule has 24 heavy (non-hydrogen) atoms. The van der Waals surface area contributed by atoms with Crippen LogP contribution >= 0.6 is 12.1 Å². The zero-order valence-electron chi connectivity index (χ0n) is 13.7. The predicted molar refractivity (Wildman–Crippen MR) is 93.1 cm³/mol. The monoisotopic (exact) mass is 353 g/mol. The van der Waals surface area contributed by atoms with Gasteiger partial charge in [-0.05, 0) is 43.5 Å². The zero-order chi connectivity index (χ0) is 16.8. The summed E-state index contributed by atoms with van der Waals surface area (Å²) in [7, 11) is 0. The second-order valence-electron chi connectivity index (χ2n) is 6.30. The Hall–Kier alpha value is -1.47. The van der Waals surface area contributed by atoms with E-state index in [1.807, 2.05) is 4.90 Å². The second-order valence-corrected chi connectivity index (χ2v) is 6.93. The Kier molecular flexibility index (Phi) is 6.20. The number of ether oxygens (including phenoxy) is 1. The van der Waals surface area contributed by atoms with Crippen LogP contribution in [0.4, 0.5) is 8.68 Å². The van der Waals surface area contributed by atoms with Crippen LogP contribution in [0.25, 0.3) is 0 Å². The molecule has 0 bridgehead atoms. The molecule has 1 aromatic carbocycles. The van der Waals surface area contributed by atoms with E-state index in [1.165, 1.54) is 0 Å². The number of carbonyl (C=O) groups is 1. The smallest absolute Gasteiger partial charge is 0.317 e. The van der Waals surface area contributed by atoms with Gasteiger partial charge < -0.3 is 15.0 Å². The van der Waals surface area contributed by atoms with Gasteiger partial charge in [0.25, 0.3) is 0 Å². The summed E-state index contributed by atoms with van der Waals surface area (Å²) in [6.45, 7) is 5.03. The van der Waals surface area contributed by atoms with Crippen LogP contribution in [0, 0.1) is 0 Å². The summed E-state index contributed by atoms with van der Waals surface area (Å²) in [5, 5.41) is 3.04. The van der Waals surface area contributed by atoms with Crippen molar-refractivity contribution in [2.75, 3.05) is 39.3 Å². The molecule has 1 saturated carbocycles. The van der Waals surface area contributed by atoms with Crippen LogP contribution in [0.15, 0.2) is 29.2 Å². The third-order valence-corrected chi connectivity index (χ3v) is 4.82. The van der Waals surface area contributed by atoms with Gasteiger partial charge in [0.15, 0.2) is 0 Å². The molecule has 0 unspecified atom stereocenters. The van der Waals surface area contributed by atoms with Gasteiger partial charge in [-0.15, -0.1) is 0 Å². The number of urea groups is 1. The van der Waals surface area contributed by atoms with Gasteiger partial charge in [-0.1, -0.05) is 0 Å². The SMILES string of the molecule is O=C(NC1CC1)N1CCN(CCCOc2ccc(SF)cc2)CC1. The van der Waals surface area contributed by atoms with Crippen LogP contribution in [0.2, 0.25) is 0 Å². The Bertz CT molecular complexity index is 531. The van der Waals surface area contributed by atoms with E-state index in [1.54, 1.807) is 24.3 Å². The summed E-state index contributed by atoms with van der Waals surface area (Å²) in [6, 6.07) is 7.52. The van der Waals surface area contributed by atoms with E-state index in [2.05, 4.69) is 10.2 Å². The van der Waals surface area contributed by atoms with Crippen molar-refractivity contribution in [1.29, 1.82) is 0 Å². The van der Waals surface area contributed by atoms with Crippen LogP contribution in [0.5, 0.6) is 5.75 Å². The lowest BCUT2D eigenvalue weighted by Crippen LogP contribution is -2.52. The highest BCUT2D eigenvalue weighted by Crippen LogP contribution is 2.22. The third-order valence-electron chi connectivity index (χ3n) is 4.36. The minimum Gasteiger partial charge on any atom is -0.494 e. The molecule has 0 radical (unpaired) electrons. The minimum atomic E-state index is 0.0929. The van der Waals surface area contributed by atoms with E-state index in [-0.39, 0.29) is 18.2 Å². The molecule has 7 heteroatoms. The topological polar surface area (TPSA) is 44.8 Å². The number of hydrogen-bond donors (Lipinski definition) is 1. The van der Waals surface area contributed by atoms with Crippen molar-refractivity contribution >= 4 is 18.2 Å². The van der Waals surface area contributed by atoms with Gasteiger partial charge >= 0.3 is 6.03 Å². The van der Waals surface area contributed by atoms with Crippen LogP contribution in [-0.4, -0.2) is 61.2 Å². The largest absolute Gasteiger partial charge is 0.494 e. The summed E-state index contributed by atoms with van der Waals surface area (Å²) in [4.78, 5) is 16.8. The first-order valence-corrected chi connectivity index (χ1v) is 9.25. The maximum atomic E-state index is 12.4. The fraction of sp³-hybridized carbons (Fsp3) is 0.588. The Balaban J connectivity index is 1.28. The number of halogens is 1. The fourth-order valence-electron chi connectivity index (χ4n) is 2.73. The molecule has 0 atom stereocenters. The highest BCUT2D eigenvalue weighted by molar-refractivity contribution is 7.94. The number of nitrogens with zero attached hydrogens (tertiary/aromatic N) is 2. The van der Waals surface area contributed by atoms with Crippen molar-refractivity contribution in [1.82, 2.24) is 15.1 Å². The first kappa shape index (κ1) is 17.4. The Morgan fingerprint density at radius 3 is 2.54 bits per heavy atom. The Morgan fingerprint density at radius 1 is 1.21 bits per heavy atom. The summed E-state index contributed by atoms with van der Waals surface area (Å²) >= 11 is 0.239. The van der Waals surface area contributed by atoms with Crippen LogP contribution in [0.3, 0.4) is 0 Å². The third kappa shape index (κ3) is 5.27. The maximum absolute atomic E-state index is 12.4. The second kappa shape index (κ2) is 8.58. The molecule has 2 amide bonds. The molecular weight excluding hydrogens is 329 g/mol. The maximum Gasteiger partial charge on any atom is 0.317 e. The van der Waals surface area contributed by atoms with E-state index in [0.717, 1.165) is 57.7 Å². The van der Waals surface area contributed by atoms with Gasteiger partial charge in [-0.3, -0.25) is 4.90 Å². The molecule has 1 N–H and O–H groups in total. The predicted octanol–water partition coefficient (Wildman–Crippen LogP) is 2.92.